The van der Waals surface area contributed by atoms with Gasteiger partial charge < -0.3 is 0 Å². The fourth-order valence-electron chi connectivity index (χ4n) is 2.10. The molecule has 0 aromatic heterocycles. The van der Waals surface area contributed by atoms with E-state index in [0.29, 0.717) is 0 Å². The average molecular weight is 210 g/mol. The zero-order valence-electron chi connectivity index (χ0n) is 10.2. The molecular formula is C16H18. The highest BCUT2D eigenvalue weighted by Gasteiger charge is 2.04. The third-order valence-corrected chi connectivity index (χ3v) is 3.26. The largest absolute Gasteiger partial charge is 0.0622 e. The third-order valence-electron chi connectivity index (χ3n) is 3.26. The maximum atomic E-state index is 2.32. The van der Waals surface area contributed by atoms with Crippen LogP contribution in [0.2, 0.25) is 0 Å². The summed E-state index contributed by atoms with van der Waals surface area (Å²) in [5.41, 5.74) is 6.92. The highest BCUT2D eigenvalue weighted by Crippen LogP contribution is 2.25. The molecule has 0 aliphatic rings. The van der Waals surface area contributed by atoms with Gasteiger partial charge in [0.15, 0.2) is 0 Å². The summed E-state index contributed by atoms with van der Waals surface area (Å²) in [6.45, 7) is 6.63. The van der Waals surface area contributed by atoms with Crippen LogP contribution in [0.1, 0.15) is 23.6 Å². The van der Waals surface area contributed by atoms with Crippen molar-refractivity contribution in [3.8, 4) is 11.1 Å². The van der Waals surface area contributed by atoms with E-state index >= 15 is 0 Å². The second kappa shape index (κ2) is 4.52. The van der Waals surface area contributed by atoms with Gasteiger partial charge in [0.25, 0.3) is 0 Å². The predicted octanol–water partition coefficient (Wildman–Crippen LogP) is 4.53. The molecule has 0 heterocycles. The Hall–Kier alpha value is -1.56. The Morgan fingerprint density at radius 1 is 0.875 bits per heavy atom. The van der Waals surface area contributed by atoms with Gasteiger partial charge in [0.1, 0.15) is 0 Å². The molecule has 0 bridgehead atoms. The van der Waals surface area contributed by atoms with E-state index in [2.05, 4.69) is 63.2 Å². The predicted molar refractivity (Wildman–Crippen MR) is 70.7 cm³/mol. The van der Waals surface area contributed by atoms with Crippen LogP contribution < -0.4 is 0 Å². The molecule has 0 aliphatic heterocycles. The lowest BCUT2D eigenvalue weighted by Gasteiger charge is -2.11. The normalized spacial score (nSPS) is 10.4. The van der Waals surface area contributed by atoms with Gasteiger partial charge in [-0.15, -0.1) is 0 Å². The van der Waals surface area contributed by atoms with Crippen molar-refractivity contribution in [2.45, 2.75) is 27.2 Å². The van der Waals surface area contributed by atoms with E-state index in [0.717, 1.165) is 6.42 Å². The lowest BCUT2D eigenvalue weighted by Crippen LogP contribution is -1.92. The summed E-state index contributed by atoms with van der Waals surface area (Å²) in [6, 6.07) is 15.2. The minimum Gasteiger partial charge on any atom is -0.0622 e. The fourth-order valence-corrected chi connectivity index (χ4v) is 2.10. The van der Waals surface area contributed by atoms with Crippen LogP contribution in [0.5, 0.6) is 0 Å². The van der Waals surface area contributed by atoms with Gasteiger partial charge in [-0.25, -0.2) is 0 Å². The van der Waals surface area contributed by atoms with Crippen LogP contribution in [0.25, 0.3) is 11.1 Å². The molecule has 2 rings (SSSR count). The molecule has 2 aromatic carbocycles. The van der Waals surface area contributed by atoms with Crippen molar-refractivity contribution < 1.29 is 0 Å². The molecule has 0 N–H and O–H groups in total. The van der Waals surface area contributed by atoms with E-state index in [1.807, 2.05) is 0 Å². The summed E-state index contributed by atoms with van der Waals surface area (Å²) >= 11 is 0. The van der Waals surface area contributed by atoms with Gasteiger partial charge in [-0.1, -0.05) is 49.4 Å². The van der Waals surface area contributed by atoms with Crippen LogP contribution >= 0.6 is 0 Å². The highest BCUT2D eigenvalue weighted by atomic mass is 14.1. The minimum absolute atomic E-state index is 1.10. The van der Waals surface area contributed by atoms with Crippen molar-refractivity contribution in [3.05, 3.63) is 59.2 Å². The molecule has 0 amide bonds. The minimum atomic E-state index is 1.10. The molecule has 0 fully saturated rings. The molecule has 0 saturated heterocycles. The van der Waals surface area contributed by atoms with E-state index in [4.69, 9.17) is 0 Å². The van der Waals surface area contributed by atoms with E-state index in [-0.39, 0.29) is 0 Å². The zero-order valence-corrected chi connectivity index (χ0v) is 10.2. The molecule has 0 spiro atoms. The van der Waals surface area contributed by atoms with E-state index in [1.54, 1.807) is 0 Å². The van der Waals surface area contributed by atoms with Crippen LogP contribution in [0.15, 0.2) is 42.5 Å². The topological polar surface area (TPSA) is 0 Å². The van der Waals surface area contributed by atoms with Crippen LogP contribution in [0, 0.1) is 13.8 Å². The maximum absolute atomic E-state index is 2.32. The first-order chi connectivity index (χ1) is 7.72. The van der Waals surface area contributed by atoms with Gasteiger partial charge in [-0.05, 0) is 48.1 Å². The van der Waals surface area contributed by atoms with Crippen molar-refractivity contribution in [2.24, 2.45) is 0 Å². The summed E-state index contributed by atoms with van der Waals surface area (Å²) in [5, 5.41) is 0. The number of aryl methyl sites for hydroxylation is 2. The van der Waals surface area contributed by atoms with E-state index in [9.17, 15) is 0 Å². The summed E-state index contributed by atoms with van der Waals surface area (Å²) in [4.78, 5) is 0. The first-order valence-corrected chi connectivity index (χ1v) is 5.88. The Bertz CT molecular complexity index is 481. The first-order valence-electron chi connectivity index (χ1n) is 5.88. The average Bonchev–Trinajstić information content (AvgIpc) is 2.33. The third kappa shape index (κ3) is 2.01. The fraction of sp³-hybridized carbons (Fsp3) is 0.250. The number of rotatable bonds is 2. The number of benzene rings is 2. The Morgan fingerprint density at radius 2 is 1.56 bits per heavy atom. The standard InChI is InChI=1S/C16H18/c1-4-14-11-16(10-12(2)13(14)3)15-8-6-5-7-9-15/h5-11H,4H2,1-3H3. The van der Waals surface area contributed by atoms with Crippen LogP contribution in [-0.4, -0.2) is 0 Å². The summed E-state index contributed by atoms with van der Waals surface area (Å²) < 4.78 is 0. The lowest BCUT2D eigenvalue weighted by atomic mass is 9.95. The van der Waals surface area contributed by atoms with Crippen LogP contribution in [0.3, 0.4) is 0 Å². The summed E-state index contributed by atoms with van der Waals surface area (Å²) in [7, 11) is 0. The van der Waals surface area contributed by atoms with Gasteiger partial charge in [-0.2, -0.15) is 0 Å². The van der Waals surface area contributed by atoms with Gasteiger partial charge in [0.05, 0.1) is 0 Å². The molecule has 0 saturated carbocycles. The molecule has 2 aromatic rings. The molecule has 0 atom stereocenters. The molecule has 16 heavy (non-hydrogen) atoms. The molecule has 82 valence electrons. The van der Waals surface area contributed by atoms with Crippen molar-refractivity contribution in [1.29, 1.82) is 0 Å². The Balaban J connectivity index is 2.55. The highest BCUT2D eigenvalue weighted by molar-refractivity contribution is 5.66. The molecule has 0 unspecified atom stereocenters. The molecule has 0 aliphatic carbocycles. The monoisotopic (exact) mass is 210 g/mol. The second-order valence-electron chi connectivity index (χ2n) is 4.30. The van der Waals surface area contributed by atoms with Gasteiger partial charge in [-0.3, -0.25) is 0 Å². The zero-order chi connectivity index (χ0) is 11.5. The van der Waals surface area contributed by atoms with E-state index in [1.165, 1.54) is 27.8 Å². The van der Waals surface area contributed by atoms with Gasteiger partial charge in [0.2, 0.25) is 0 Å². The molecule has 0 radical (unpaired) electrons. The SMILES string of the molecule is CCc1cc(-c2ccccc2)cc(C)c1C. The van der Waals surface area contributed by atoms with Crippen molar-refractivity contribution >= 4 is 0 Å². The molecular weight excluding hydrogens is 192 g/mol. The van der Waals surface area contributed by atoms with E-state index < -0.39 is 0 Å². The smallest absolute Gasteiger partial charge is 0.0178 e. The first kappa shape index (κ1) is 10.9. The van der Waals surface area contributed by atoms with Crippen molar-refractivity contribution in [3.63, 3.8) is 0 Å². The summed E-state index contributed by atoms with van der Waals surface area (Å²) in [5.74, 6) is 0. The van der Waals surface area contributed by atoms with Gasteiger partial charge in [0, 0.05) is 0 Å². The molecule has 0 nitrogen and oxygen atoms in total. The second-order valence-corrected chi connectivity index (χ2v) is 4.30. The molecule has 0 heteroatoms. The maximum Gasteiger partial charge on any atom is -0.0178 e. The number of hydrogen-bond acceptors (Lipinski definition) is 0. The van der Waals surface area contributed by atoms with Crippen molar-refractivity contribution in [1.82, 2.24) is 0 Å². The summed E-state index contributed by atoms with van der Waals surface area (Å²) in [6.07, 6.45) is 1.10. The lowest BCUT2D eigenvalue weighted by molar-refractivity contribution is 1.10. The Kier molecular flexibility index (Phi) is 3.09. The van der Waals surface area contributed by atoms with Crippen LogP contribution in [-0.2, 0) is 6.42 Å². The van der Waals surface area contributed by atoms with Crippen LogP contribution in [0.4, 0.5) is 0 Å². The van der Waals surface area contributed by atoms with Crippen molar-refractivity contribution in [2.75, 3.05) is 0 Å². The Morgan fingerprint density at radius 3 is 2.19 bits per heavy atom. The van der Waals surface area contributed by atoms with Gasteiger partial charge >= 0.3 is 0 Å². The number of hydrogen-bond donors (Lipinski definition) is 0. The Labute approximate surface area is 97.9 Å². The quantitative estimate of drug-likeness (QED) is 0.683.